The van der Waals surface area contributed by atoms with E-state index in [0.717, 1.165) is 0 Å². The summed E-state index contributed by atoms with van der Waals surface area (Å²) in [5.41, 5.74) is 0. The van der Waals surface area contributed by atoms with Gasteiger partial charge < -0.3 is 32.4 Å². The summed E-state index contributed by atoms with van der Waals surface area (Å²) in [7, 11) is -5.71. The van der Waals surface area contributed by atoms with Gasteiger partial charge in [0.15, 0.2) is 0 Å². The third-order valence-corrected chi connectivity index (χ3v) is 3.90. The third kappa shape index (κ3) is 8.15. The first-order valence-corrected chi connectivity index (χ1v) is 6.70. The van der Waals surface area contributed by atoms with E-state index in [1.165, 1.54) is 0 Å². The SMILES string of the molecule is N[Si](N)(N)N[Si](N)(N)N. The average Bonchev–Trinajstić information content (AvgIpc) is 1.14. The van der Waals surface area contributed by atoms with Crippen LogP contribution in [-0.4, -0.2) is 17.4 Å². The van der Waals surface area contributed by atoms with E-state index in [0.29, 0.717) is 0 Å². The van der Waals surface area contributed by atoms with Crippen LogP contribution >= 0.6 is 0 Å². The quantitative estimate of drug-likeness (QED) is 0.202. The molecule has 9 heavy (non-hydrogen) atoms. The number of hydrogen-bond donors (Lipinski definition) is 7. The minimum Gasteiger partial charge on any atom is -0.315 e. The molecule has 0 fully saturated rings. The molecular formula is H13N7Si2. The maximum Gasteiger partial charge on any atom is 0.354 e. The molecule has 0 aliphatic rings. The van der Waals surface area contributed by atoms with Crippen LogP contribution < -0.4 is 37.0 Å². The predicted molar refractivity (Wildman–Crippen MR) is 39.8 cm³/mol. The second kappa shape index (κ2) is 2.41. The molecule has 0 bridgehead atoms. The average molecular weight is 167 g/mol. The Morgan fingerprint density at radius 2 is 0.889 bits per heavy atom. The molecule has 0 heterocycles. The maximum atomic E-state index is 5.20. The Balaban J connectivity index is 3.75. The summed E-state index contributed by atoms with van der Waals surface area (Å²) >= 11 is 0. The molecule has 0 aliphatic heterocycles. The molecule has 0 aromatic carbocycles. The van der Waals surface area contributed by atoms with Crippen molar-refractivity contribution in [3.05, 3.63) is 0 Å². The molecule has 0 saturated heterocycles. The zero-order valence-corrected chi connectivity index (χ0v) is 6.96. The summed E-state index contributed by atoms with van der Waals surface area (Å²) in [6.45, 7) is 0. The first kappa shape index (κ1) is 9.15. The van der Waals surface area contributed by atoms with Gasteiger partial charge in [0.1, 0.15) is 0 Å². The van der Waals surface area contributed by atoms with Gasteiger partial charge in [0, 0.05) is 0 Å². The highest BCUT2D eigenvalue weighted by Crippen LogP contribution is 1.62. The molecule has 0 aliphatic carbocycles. The van der Waals surface area contributed by atoms with Crippen LogP contribution in [0.4, 0.5) is 0 Å². The van der Waals surface area contributed by atoms with Crippen LogP contribution in [0.2, 0.25) is 0 Å². The Labute approximate surface area is 55.4 Å². The van der Waals surface area contributed by atoms with Crippen molar-refractivity contribution in [2.75, 3.05) is 0 Å². The monoisotopic (exact) mass is 167 g/mol. The molecule has 0 atom stereocenters. The van der Waals surface area contributed by atoms with Crippen molar-refractivity contribution in [2.45, 2.75) is 0 Å². The van der Waals surface area contributed by atoms with Gasteiger partial charge in [-0.1, -0.05) is 0 Å². The fraction of sp³-hybridized carbons (Fsp3) is 0. The van der Waals surface area contributed by atoms with Gasteiger partial charge in [-0.3, -0.25) is 4.65 Å². The lowest BCUT2D eigenvalue weighted by Crippen LogP contribution is -2.89. The molecule has 13 N–H and O–H groups in total. The summed E-state index contributed by atoms with van der Waals surface area (Å²) in [5, 5.41) is 31.2. The zero-order chi connectivity index (χ0) is 7.71. The van der Waals surface area contributed by atoms with Crippen LogP contribution in [0, 0.1) is 0 Å². The van der Waals surface area contributed by atoms with Crippen LogP contribution in [-0.2, 0) is 0 Å². The predicted octanol–water partition coefficient (Wildman–Crippen LogP) is -4.80. The molecule has 0 saturated carbocycles. The molecule has 0 aromatic heterocycles. The van der Waals surface area contributed by atoms with E-state index in [9.17, 15) is 0 Å². The maximum absolute atomic E-state index is 5.20. The summed E-state index contributed by atoms with van der Waals surface area (Å²) in [5.74, 6) is 0. The highest BCUT2D eigenvalue weighted by molar-refractivity contribution is 6.84. The fourth-order valence-corrected chi connectivity index (χ4v) is 3.38. The molecule has 9 heteroatoms. The third-order valence-electron chi connectivity index (χ3n) is 0.433. The van der Waals surface area contributed by atoms with E-state index < -0.39 is 17.4 Å². The number of nitrogens with one attached hydrogen (secondary N) is 1. The standard InChI is InChI=1S/H13N7Si2/c1-8(2,3)7-9(4,5)6/h7H,1-6H2. The molecule has 0 spiro atoms. The van der Waals surface area contributed by atoms with Gasteiger partial charge in [-0.15, -0.1) is 0 Å². The fourth-order valence-electron chi connectivity index (χ4n) is 0.375. The minimum atomic E-state index is -2.86. The first-order chi connectivity index (χ1) is 3.71. The van der Waals surface area contributed by atoms with Crippen molar-refractivity contribution in [3.63, 3.8) is 0 Å². The molecule has 7 nitrogen and oxygen atoms in total. The summed E-state index contributed by atoms with van der Waals surface area (Å²) in [6.07, 6.45) is 0. The largest absolute Gasteiger partial charge is 0.354 e. The summed E-state index contributed by atoms with van der Waals surface area (Å²) in [6, 6.07) is 0. The Kier molecular flexibility index (Phi) is 2.45. The van der Waals surface area contributed by atoms with Gasteiger partial charge >= 0.3 is 17.4 Å². The molecular weight excluding hydrogens is 154 g/mol. The van der Waals surface area contributed by atoms with Crippen molar-refractivity contribution >= 4 is 17.4 Å². The van der Waals surface area contributed by atoms with E-state index in [-0.39, 0.29) is 0 Å². The second-order valence-electron chi connectivity index (χ2n) is 1.99. The van der Waals surface area contributed by atoms with Gasteiger partial charge in [0.05, 0.1) is 0 Å². The van der Waals surface area contributed by atoms with Crippen LogP contribution in [0.15, 0.2) is 0 Å². The molecule has 0 unspecified atom stereocenters. The lowest BCUT2D eigenvalue weighted by Gasteiger charge is -2.23. The highest BCUT2D eigenvalue weighted by atomic mass is 28.4. The highest BCUT2D eigenvalue weighted by Gasteiger charge is 2.29. The Bertz CT molecular complexity index is 72.1. The topological polar surface area (TPSA) is 168 Å². The van der Waals surface area contributed by atoms with Crippen molar-refractivity contribution in [3.8, 4) is 0 Å². The van der Waals surface area contributed by atoms with Crippen molar-refractivity contribution in [1.82, 2.24) is 4.65 Å². The van der Waals surface area contributed by atoms with Gasteiger partial charge in [-0.05, 0) is 0 Å². The molecule has 0 amide bonds. The van der Waals surface area contributed by atoms with Crippen LogP contribution in [0.5, 0.6) is 0 Å². The molecule has 0 radical (unpaired) electrons. The smallest absolute Gasteiger partial charge is 0.315 e. The number of hydrogen-bond acceptors (Lipinski definition) is 7. The van der Waals surface area contributed by atoms with E-state index in [2.05, 4.69) is 4.65 Å². The van der Waals surface area contributed by atoms with E-state index in [1.807, 2.05) is 0 Å². The van der Waals surface area contributed by atoms with E-state index in [4.69, 9.17) is 32.4 Å². The number of nitrogens with two attached hydrogens (primary N) is 6. The van der Waals surface area contributed by atoms with Crippen molar-refractivity contribution in [1.29, 1.82) is 0 Å². The summed E-state index contributed by atoms with van der Waals surface area (Å²) < 4.78 is 2.40. The Morgan fingerprint density at radius 1 is 0.667 bits per heavy atom. The van der Waals surface area contributed by atoms with E-state index >= 15 is 0 Å². The van der Waals surface area contributed by atoms with Crippen molar-refractivity contribution in [2.24, 2.45) is 32.4 Å². The van der Waals surface area contributed by atoms with Gasteiger partial charge in [-0.25, -0.2) is 0 Å². The molecule has 0 aromatic rings. The Morgan fingerprint density at radius 3 is 0.889 bits per heavy atom. The zero-order valence-electron chi connectivity index (χ0n) is 4.96. The van der Waals surface area contributed by atoms with Gasteiger partial charge in [0.25, 0.3) is 0 Å². The van der Waals surface area contributed by atoms with Gasteiger partial charge in [-0.2, -0.15) is 0 Å². The number of rotatable bonds is 2. The normalized spacial score (nSPS) is 14.0. The van der Waals surface area contributed by atoms with Crippen LogP contribution in [0.1, 0.15) is 0 Å². The lowest BCUT2D eigenvalue weighted by molar-refractivity contribution is 1.14. The van der Waals surface area contributed by atoms with Crippen LogP contribution in [0.25, 0.3) is 0 Å². The Hall–Kier alpha value is 0.154. The van der Waals surface area contributed by atoms with Crippen LogP contribution in [0.3, 0.4) is 0 Å². The minimum absolute atomic E-state index is 2.40. The second-order valence-corrected chi connectivity index (χ2v) is 6.72. The molecule has 56 valence electrons. The van der Waals surface area contributed by atoms with Gasteiger partial charge in [0.2, 0.25) is 0 Å². The van der Waals surface area contributed by atoms with E-state index in [1.54, 1.807) is 0 Å². The summed E-state index contributed by atoms with van der Waals surface area (Å²) in [4.78, 5) is 0. The first-order valence-electron chi connectivity index (χ1n) is 2.23. The van der Waals surface area contributed by atoms with Crippen molar-refractivity contribution < 1.29 is 0 Å². The lowest BCUT2D eigenvalue weighted by atomic mass is 13.7. The molecule has 0 rings (SSSR count).